The van der Waals surface area contributed by atoms with Crippen molar-refractivity contribution in [2.75, 3.05) is 33.2 Å². The van der Waals surface area contributed by atoms with Crippen LogP contribution in [0, 0.1) is 0 Å². The van der Waals surface area contributed by atoms with Gasteiger partial charge in [-0.2, -0.15) is 0 Å². The molecule has 0 radical (unpaired) electrons. The zero-order chi connectivity index (χ0) is 22.2. The number of rotatable bonds is 6. The molecule has 7 nitrogen and oxygen atoms in total. The van der Waals surface area contributed by atoms with Gasteiger partial charge >= 0.3 is 0 Å². The van der Waals surface area contributed by atoms with Gasteiger partial charge in [-0.05, 0) is 35.4 Å². The van der Waals surface area contributed by atoms with Crippen LogP contribution in [0.15, 0.2) is 82.4 Å². The highest BCUT2D eigenvalue weighted by molar-refractivity contribution is 14.0. The number of hydrogen-bond donors (Lipinski definition) is 1. The Kier molecular flexibility index (Phi) is 9.17. The number of halogens is 1. The van der Waals surface area contributed by atoms with E-state index >= 15 is 0 Å². The van der Waals surface area contributed by atoms with E-state index in [9.17, 15) is 4.79 Å². The maximum Gasteiger partial charge on any atom is 0.289 e. The molecule has 0 aliphatic carbocycles. The van der Waals surface area contributed by atoms with Gasteiger partial charge in [0.05, 0.1) is 6.26 Å². The van der Waals surface area contributed by atoms with Gasteiger partial charge in [0.1, 0.15) is 12.4 Å². The van der Waals surface area contributed by atoms with Crippen molar-refractivity contribution < 1.29 is 13.9 Å². The van der Waals surface area contributed by atoms with E-state index in [1.807, 2.05) is 35.2 Å². The van der Waals surface area contributed by atoms with Crippen molar-refractivity contribution in [1.29, 1.82) is 0 Å². The molecule has 1 N–H and O–H groups in total. The molecule has 33 heavy (non-hydrogen) atoms. The summed E-state index contributed by atoms with van der Waals surface area (Å²) < 4.78 is 11.0. The van der Waals surface area contributed by atoms with Crippen molar-refractivity contribution in [3.63, 3.8) is 0 Å². The van der Waals surface area contributed by atoms with Gasteiger partial charge in [0, 0.05) is 39.8 Å². The molecule has 1 saturated heterocycles. The van der Waals surface area contributed by atoms with Crippen molar-refractivity contribution in [1.82, 2.24) is 15.1 Å². The predicted octanol–water partition coefficient (Wildman–Crippen LogP) is 4.01. The third kappa shape index (κ3) is 6.74. The molecule has 0 unspecified atom stereocenters. The zero-order valence-electron chi connectivity index (χ0n) is 18.6. The summed E-state index contributed by atoms with van der Waals surface area (Å²) in [5, 5.41) is 3.43. The molecule has 1 aromatic heterocycles. The monoisotopic (exact) mass is 560 g/mol. The van der Waals surface area contributed by atoms with E-state index in [2.05, 4.69) is 39.5 Å². The van der Waals surface area contributed by atoms with Gasteiger partial charge in [0.15, 0.2) is 11.7 Å². The molecule has 0 bridgehead atoms. The number of amides is 1. The largest absolute Gasteiger partial charge is 0.489 e. The number of nitrogens with one attached hydrogen (secondary N) is 1. The predicted molar refractivity (Wildman–Crippen MR) is 139 cm³/mol. The minimum atomic E-state index is -0.0612. The number of nitrogens with zero attached hydrogens (tertiary/aromatic N) is 3. The second kappa shape index (κ2) is 12.3. The molecular formula is C25H29IN4O3. The van der Waals surface area contributed by atoms with Crippen LogP contribution in [0.1, 0.15) is 21.7 Å². The highest BCUT2D eigenvalue weighted by Crippen LogP contribution is 2.13. The van der Waals surface area contributed by atoms with Crippen LogP contribution in [-0.4, -0.2) is 54.9 Å². The topological polar surface area (TPSA) is 70.3 Å². The third-order valence-corrected chi connectivity index (χ3v) is 5.43. The van der Waals surface area contributed by atoms with E-state index in [0.29, 0.717) is 32.0 Å². The molecule has 1 aliphatic rings. The second-order valence-electron chi connectivity index (χ2n) is 7.58. The Hall–Kier alpha value is -3.01. The SMILES string of the molecule is CN=C(NCc1ccc(COc2ccccc2)cc1)N1CCN(C(=O)c2ccco2)CC1.I. The summed E-state index contributed by atoms with van der Waals surface area (Å²) in [6, 6.07) is 21.6. The molecule has 2 heterocycles. The summed E-state index contributed by atoms with van der Waals surface area (Å²) in [6.07, 6.45) is 1.53. The quantitative estimate of drug-likeness (QED) is 0.281. The van der Waals surface area contributed by atoms with Crippen LogP contribution in [-0.2, 0) is 13.2 Å². The molecule has 1 fully saturated rings. The molecule has 8 heteroatoms. The summed E-state index contributed by atoms with van der Waals surface area (Å²) in [4.78, 5) is 20.8. The minimum Gasteiger partial charge on any atom is -0.489 e. The van der Waals surface area contributed by atoms with Gasteiger partial charge in [-0.1, -0.05) is 42.5 Å². The first kappa shape index (κ1) is 24.6. The number of para-hydroxylation sites is 1. The summed E-state index contributed by atoms with van der Waals surface area (Å²) >= 11 is 0. The third-order valence-electron chi connectivity index (χ3n) is 5.43. The van der Waals surface area contributed by atoms with Crippen molar-refractivity contribution >= 4 is 35.8 Å². The van der Waals surface area contributed by atoms with Gasteiger partial charge in [-0.15, -0.1) is 24.0 Å². The first-order valence-corrected chi connectivity index (χ1v) is 10.8. The lowest BCUT2D eigenvalue weighted by Crippen LogP contribution is -2.53. The van der Waals surface area contributed by atoms with E-state index in [1.54, 1.807) is 19.2 Å². The van der Waals surface area contributed by atoms with Crippen LogP contribution in [0.2, 0.25) is 0 Å². The average molecular weight is 560 g/mol. The minimum absolute atomic E-state index is 0. The van der Waals surface area contributed by atoms with Crippen LogP contribution < -0.4 is 10.1 Å². The smallest absolute Gasteiger partial charge is 0.289 e. The standard InChI is InChI=1S/C25H28N4O3.HI/c1-26-25(29-15-13-28(14-16-29)24(30)23-8-5-17-31-23)27-18-20-9-11-21(12-10-20)19-32-22-6-3-2-4-7-22;/h2-12,17H,13-16,18-19H2,1H3,(H,26,27);1H. The van der Waals surface area contributed by atoms with Gasteiger partial charge in [0.2, 0.25) is 0 Å². The van der Waals surface area contributed by atoms with Crippen LogP contribution in [0.4, 0.5) is 0 Å². The van der Waals surface area contributed by atoms with Gasteiger partial charge in [-0.25, -0.2) is 0 Å². The molecule has 2 aromatic carbocycles. The molecule has 4 rings (SSSR count). The number of furan rings is 1. The van der Waals surface area contributed by atoms with E-state index in [0.717, 1.165) is 30.4 Å². The lowest BCUT2D eigenvalue weighted by Gasteiger charge is -2.36. The zero-order valence-corrected chi connectivity index (χ0v) is 21.0. The normalized spacial score (nSPS) is 13.9. The summed E-state index contributed by atoms with van der Waals surface area (Å²) in [6.45, 7) is 3.94. The number of piperazine rings is 1. The van der Waals surface area contributed by atoms with Crippen LogP contribution >= 0.6 is 24.0 Å². The Morgan fingerprint density at radius 2 is 1.61 bits per heavy atom. The number of aliphatic imine (C=N–C) groups is 1. The van der Waals surface area contributed by atoms with Gasteiger partial charge in [-0.3, -0.25) is 9.79 Å². The summed E-state index contributed by atoms with van der Waals surface area (Å²) in [5.74, 6) is 2.03. The van der Waals surface area contributed by atoms with E-state index in [4.69, 9.17) is 9.15 Å². The highest BCUT2D eigenvalue weighted by Gasteiger charge is 2.25. The van der Waals surface area contributed by atoms with Crippen molar-refractivity contribution in [2.45, 2.75) is 13.2 Å². The molecule has 1 amide bonds. The maximum absolute atomic E-state index is 12.4. The molecule has 0 spiro atoms. The number of carbonyl (C=O) groups is 1. The van der Waals surface area contributed by atoms with Gasteiger partial charge in [0.25, 0.3) is 5.91 Å². The van der Waals surface area contributed by atoms with Gasteiger partial charge < -0.3 is 24.3 Å². The number of carbonyl (C=O) groups excluding carboxylic acids is 1. The number of ether oxygens (including phenoxy) is 1. The molecule has 1 aliphatic heterocycles. The Labute approximate surface area is 211 Å². The van der Waals surface area contributed by atoms with Crippen molar-refractivity contribution in [2.24, 2.45) is 4.99 Å². The average Bonchev–Trinajstić information content (AvgIpc) is 3.40. The second-order valence-corrected chi connectivity index (χ2v) is 7.58. The fraction of sp³-hybridized carbons (Fsp3) is 0.280. The number of guanidine groups is 1. The number of benzene rings is 2. The van der Waals surface area contributed by atoms with Crippen LogP contribution in [0.5, 0.6) is 5.75 Å². The summed E-state index contributed by atoms with van der Waals surface area (Å²) in [7, 11) is 1.78. The molecule has 174 valence electrons. The summed E-state index contributed by atoms with van der Waals surface area (Å²) in [5.41, 5.74) is 2.29. The molecule has 0 atom stereocenters. The maximum atomic E-state index is 12.4. The lowest BCUT2D eigenvalue weighted by molar-refractivity contribution is 0.0657. The molecule has 0 saturated carbocycles. The van der Waals surface area contributed by atoms with E-state index in [-0.39, 0.29) is 29.9 Å². The first-order valence-electron chi connectivity index (χ1n) is 10.8. The number of hydrogen-bond acceptors (Lipinski definition) is 4. The fourth-order valence-electron chi connectivity index (χ4n) is 3.63. The molecule has 3 aromatic rings. The highest BCUT2D eigenvalue weighted by atomic mass is 127. The first-order chi connectivity index (χ1) is 15.7. The van der Waals surface area contributed by atoms with Crippen LogP contribution in [0.3, 0.4) is 0 Å². The Morgan fingerprint density at radius 1 is 0.939 bits per heavy atom. The Morgan fingerprint density at radius 3 is 2.24 bits per heavy atom. The van der Waals surface area contributed by atoms with Crippen molar-refractivity contribution in [3.05, 3.63) is 89.9 Å². The van der Waals surface area contributed by atoms with E-state index < -0.39 is 0 Å². The Balaban J connectivity index is 0.00000306. The van der Waals surface area contributed by atoms with E-state index in [1.165, 1.54) is 11.8 Å². The van der Waals surface area contributed by atoms with Crippen molar-refractivity contribution in [3.8, 4) is 5.75 Å². The Bertz CT molecular complexity index is 1020. The van der Waals surface area contributed by atoms with Crippen LogP contribution in [0.25, 0.3) is 0 Å². The fourth-order valence-corrected chi connectivity index (χ4v) is 3.63. The lowest BCUT2D eigenvalue weighted by atomic mass is 10.1. The molecular weight excluding hydrogens is 531 g/mol.